The van der Waals surface area contributed by atoms with Gasteiger partial charge < -0.3 is 15.3 Å². The second-order valence-electron chi connectivity index (χ2n) is 10.1. The number of hydrogen-bond acceptors (Lipinski definition) is 6. The lowest BCUT2D eigenvalue weighted by Crippen LogP contribution is -2.61. The largest absolute Gasteiger partial charge is 0.511 e. The smallest absolute Gasteiger partial charge is 0.286 e. The van der Waals surface area contributed by atoms with Crippen molar-refractivity contribution >= 4 is 27.5 Å². The van der Waals surface area contributed by atoms with Crippen LogP contribution in [0.25, 0.3) is 0 Å². The fraction of sp³-hybridized carbons (Fsp3) is 0.346. The molecule has 2 aliphatic carbocycles. The summed E-state index contributed by atoms with van der Waals surface area (Å²) in [5.74, 6) is -1.29. The third-order valence-electron chi connectivity index (χ3n) is 8.34. The van der Waals surface area contributed by atoms with Gasteiger partial charge in [0.25, 0.3) is 15.9 Å². The normalized spacial score (nSPS) is 29.8. The number of carbonyl (C=O) groups is 1. The van der Waals surface area contributed by atoms with Crippen molar-refractivity contribution < 1.29 is 22.7 Å². The topological polar surface area (TPSA) is 123 Å². The molecule has 0 radical (unpaired) electrons. The number of rotatable bonds is 3. The third kappa shape index (κ3) is 3.12. The van der Waals surface area contributed by atoms with Gasteiger partial charge in [0.1, 0.15) is 22.0 Å². The quantitative estimate of drug-likeness (QED) is 0.652. The molecule has 184 valence electrons. The molecule has 2 aliphatic heterocycles. The number of fused-ring (bicyclic) bond motifs is 6. The molecular weight excluding hydrogens is 483 g/mol. The van der Waals surface area contributed by atoms with Crippen molar-refractivity contribution in [1.82, 2.24) is 4.90 Å². The highest BCUT2D eigenvalue weighted by Gasteiger charge is 2.64. The molecule has 2 fully saturated rings. The number of hydrogen-bond donors (Lipinski definition) is 2. The molecule has 0 saturated heterocycles. The second kappa shape index (κ2) is 7.64. The number of halogens is 1. The molecule has 2 saturated carbocycles. The summed E-state index contributed by atoms with van der Waals surface area (Å²) in [7, 11) is -4.23. The Hall–Kier alpha value is -3.71. The van der Waals surface area contributed by atoms with Crippen LogP contribution in [0.3, 0.4) is 0 Å². The fourth-order valence-corrected chi connectivity index (χ4v) is 7.81. The molecule has 2 N–H and O–H groups in total. The number of nitriles is 1. The van der Waals surface area contributed by atoms with E-state index < -0.39 is 21.5 Å². The van der Waals surface area contributed by atoms with Crippen LogP contribution in [0.5, 0.6) is 0 Å². The predicted molar refractivity (Wildman–Crippen MR) is 129 cm³/mol. The van der Waals surface area contributed by atoms with Crippen molar-refractivity contribution in [2.24, 2.45) is 22.2 Å². The molecule has 4 aliphatic rings. The number of aliphatic hydroxyl groups excluding tert-OH is 1. The SMILES string of the molecule is C[C@]12[C@@H]3CC[C@@H](C3)[C@H]1C(O)=C(C1=NS(=O)(=O)c3cc(C#N)ccc3N1)C(=O)N2Cc1ccc(F)cc1. The lowest BCUT2D eigenvalue weighted by Gasteiger charge is -2.52. The number of nitrogens with one attached hydrogen (secondary N) is 1. The van der Waals surface area contributed by atoms with E-state index in [0.29, 0.717) is 0 Å². The first kappa shape index (κ1) is 22.7. The van der Waals surface area contributed by atoms with Crippen molar-refractivity contribution in [3.8, 4) is 6.07 Å². The van der Waals surface area contributed by atoms with E-state index in [2.05, 4.69) is 9.71 Å². The van der Waals surface area contributed by atoms with Gasteiger partial charge in [-0.25, -0.2) is 4.39 Å². The van der Waals surface area contributed by atoms with Crippen molar-refractivity contribution in [1.29, 1.82) is 5.26 Å². The summed E-state index contributed by atoms with van der Waals surface area (Å²) in [6.07, 6.45) is 2.72. The summed E-state index contributed by atoms with van der Waals surface area (Å²) in [5, 5.41) is 23.6. The van der Waals surface area contributed by atoms with Gasteiger partial charge in [0.2, 0.25) is 0 Å². The number of sulfonamides is 1. The first-order valence-electron chi connectivity index (χ1n) is 11.8. The lowest BCUT2D eigenvalue weighted by molar-refractivity contribution is -0.141. The Kier molecular flexibility index (Phi) is 4.83. The molecule has 1 amide bonds. The zero-order valence-electron chi connectivity index (χ0n) is 19.4. The van der Waals surface area contributed by atoms with Crippen LogP contribution in [0.1, 0.15) is 37.3 Å². The number of benzene rings is 2. The number of carbonyl (C=O) groups excluding carboxylic acids is 1. The predicted octanol–water partition coefficient (Wildman–Crippen LogP) is 3.87. The Morgan fingerprint density at radius 2 is 2.00 bits per heavy atom. The van der Waals surface area contributed by atoms with Crippen molar-refractivity contribution in [3.05, 3.63) is 70.7 Å². The van der Waals surface area contributed by atoms with Crippen molar-refractivity contribution in [2.75, 3.05) is 5.32 Å². The Morgan fingerprint density at radius 3 is 2.72 bits per heavy atom. The minimum Gasteiger partial charge on any atom is -0.511 e. The van der Waals surface area contributed by atoms with Gasteiger partial charge in [-0.15, -0.1) is 4.40 Å². The van der Waals surface area contributed by atoms with Gasteiger partial charge in [0.05, 0.1) is 22.9 Å². The summed E-state index contributed by atoms with van der Waals surface area (Å²) >= 11 is 0. The van der Waals surface area contributed by atoms with Crippen LogP contribution in [0.4, 0.5) is 10.1 Å². The third-order valence-corrected chi connectivity index (χ3v) is 9.65. The molecule has 2 aromatic carbocycles. The maximum absolute atomic E-state index is 14.0. The highest BCUT2D eigenvalue weighted by molar-refractivity contribution is 7.90. The molecule has 4 atom stereocenters. The molecular formula is C26H23FN4O4S. The highest BCUT2D eigenvalue weighted by Crippen LogP contribution is 2.61. The minimum absolute atomic E-state index is 0.136. The van der Waals surface area contributed by atoms with E-state index in [4.69, 9.17) is 5.26 Å². The van der Waals surface area contributed by atoms with Gasteiger partial charge in [-0.2, -0.15) is 13.7 Å². The molecule has 8 nitrogen and oxygen atoms in total. The molecule has 36 heavy (non-hydrogen) atoms. The lowest BCUT2D eigenvalue weighted by atomic mass is 9.68. The number of amidine groups is 1. The van der Waals surface area contributed by atoms with E-state index in [-0.39, 0.29) is 63.4 Å². The van der Waals surface area contributed by atoms with Crippen LogP contribution in [-0.4, -0.2) is 35.7 Å². The van der Waals surface area contributed by atoms with Gasteiger partial charge >= 0.3 is 0 Å². The zero-order chi connectivity index (χ0) is 25.4. The second-order valence-corrected chi connectivity index (χ2v) is 11.7. The Labute approximate surface area is 207 Å². The van der Waals surface area contributed by atoms with E-state index in [1.807, 2.05) is 13.0 Å². The molecule has 2 aromatic rings. The van der Waals surface area contributed by atoms with Crippen LogP contribution in [-0.2, 0) is 21.4 Å². The molecule has 10 heteroatoms. The average Bonchev–Trinajstić information content (AvgIpc) is 3.43. The molecule has 0 spiro atoms. The van der Waals surface area contributed by atoms with E-state index >= 15 is 0 Å². The van der Waals surface area contributed by atoms with Crippen LogP contribution < -0.4 is 5.32 Å². The summed E-state index contributed by atoms with van der Waals surface area (Å²) in [6.45, 7) is 2.18. The van der Waals surface area contributed by atoms with Gasteiger partial charge in [-0.1, -0.05) is 12.1 Å². The summed E-state index contributed by atoms with van der Waals surface area (Å²) in [6, 6.07) is 12.0. The monoisotopic (exact) mass is 506 g/mol. The van der Waals surface area contributed by atoms with Gasteiger partial charge in [-0.3, -0.25) is 4.79 Å². The maximum atomic E-state index is 14.0. The first-order chi connectivity index (χ1) is 17.1. The summed E-state index contributed by atoms with van der Waals surface area (Å²) < 4.78 is 43.5. The number of anilines is 1. The number of aliphatic hydroxyl groups is 1. The Balaban J connectivity index is 1.48. The minimum atomic E-state index is -4.23. The van der Waals surface area contributed by atoms with E-state index in [1.54, 1.807) is 17.0 Å². The average molecular weight is 507 g/mol. The van der Waals surface area contributed by atoms with Gasteiger partial charge in [-0.05, 0) is 73.9 Å². The Morgan fingerprint density at radius 1 is 1.25 bits per heavy atom. The van der Waals surface area contributed by atoms with Crippen molar-refractivity contribution in [3.63, 3.8) is 0 Å². The first-order valence-corrected chi connectivity index (χ1v) is 13.2. The molecule has 6 rings (SSSR count). The Bertz CT molecular complexity index is 1530. The van der Waals surface area contributed by atoms with Crippen LogP contribution in [0.15, 0.2) is 63.1 Å². The summed E-state index contributed by atoms with van der Waals surface area (Å²) in [5.41, 5.74) is 0.255. The highest BCUT2D eigenvalue weighted by atomic mass is 32.2. The van der Waals surface area contributed by atoms with Gasteiger partial charge in [0, 0.05) is 12.5 Å². The number of amides is 1. The molecule has 2 heterocycles. The van der Waals surface area contributed by atoms with Gasteiger partial charge in [0.15, 0.2) is 5.84 Å². The van der Waals surface area contributed by atoms with E-state index in [1.165, 1.54) is 30.3 Å². The van der Waals surface area contributed by atoms with E-state index in [9.17, 15) is 22.7 Å². The fourth-order valence-electron chi connectivity index (χ4n) is 6.66. The van der Waals surface area contributed by atoms with Crippen LogP contribution in [0.2, 0.25) is 0 Å². The zero-order valence-corrected chi connectivity index (χ0v) is 20.2. The van der Waals surface area contributed by atoms with Crippen LogP contribution in [0, 0.1) is 34.9 Å². The van der Waals surface area contributed by atoms with Crippen molar-refractivity contribution in [2.45, 2.75) is 43.2 Å². The van der Waals surface area contributed by atoms with Crippen LogP contribution >= 0.6 is 0 Å². The van der Waals surface area contributed by atoms with E-state index in [0.717, 1.165) is 24.8 Å². The standard InChI is InChI=1S/C26H23FN4O4S/c1-26-17-6-5-16(11-17)22(26)23(32)21(25(33)31(26)13-14-2-7-18(27)8-3-14)24-29-19-9-4-15(12-28)10-20(19)36(34,35)30-24/h2-4,7-10,16-17,22,32H,5-6,11,13H2,1H3,(H,29,30)/t16-,17+,22-,26-/m0/s1. The maximum Gasteiger partial charge on any atom is 0.286 e. The number of nitrogens with zero attached hydrogens (tertiary/aromatic N) is 3. The molecule has 2 bridgehead atoms. The summed E-state index contributed by atoms with van der Waals surface area (Å²) in [4.78, 5) is 15.6. The molecule has 0 aromatic heterocycles. The molecule has 0 unspecified atom stereocenters.